The maximum Gasteiger partial charge on any atom is 0.343 e. The van der Waals surface area contributed by atoms with Crippen LogP contribution in [0, 0.1) is 0 Å². The lowest BCUT2D eigenvalue weighted by molar-refractivity contribution is 0.0592. The number of pyridine rings is 1. The van der Waals surface area contributed by atoms with Crippen molar-refractivity contribution in [3.63, 3.8) is 0 Å². The van der Waals surface area contributed by atoms with Gasteiger partial charge in [-0.15, -0.1) is 0 Å². The Labute approximate surface area is 108 Å². The summed E-state index contributed by atoms with van der Waals surface area (Å²) in [6.45, 7) is 0. The van der Waals surface area contributed by atoms with E-state index in [1.165, 1.54) is 12.3 Å². The van der Waals surface area contributed by atoms with E-state index < -0.39 is 11.5 Å². The van der Waals surface area contributed by atoms with Crippen molar-refractivity contribution in [2.45, 2.75) is 0 Å². The predicted octanol–water partition coefficient (Wildman–Crippen LogP) is 1.12. The minimum absolute atomic E-state index is 0.259. The first kappa shape index (κ1) is 12.7. The third kappa shape index (κ3) is 2.28. The summed E-state index contributed by atoms with van der Waals surface area (Å²) in [4.78, 5) is 23.1. The highest BCUT2D eigenvalue weighted by Crippen LogP contribution is 2.25. The van der Waals surface area contributed by atoms with Gasteiger partial charge < -0.3 is 15.7 Å². The summed E-state index contributed by atoms with van der Waals surface area (Å²) < 4.78 is 4.84. The van der Waals surface area contributed by atoms with Gasteiger partial charge in [0.2, 0.25) is 0 Å². The molecule has 0 radical (unpaired) electrons. The normalized spacial score (nSPS) is 10.2. The standard InChI is InChI=1S/C13H12N2O4/c1-19-13(17)10-6-8(7-15(18)12(10)16)9-4-2-3-5-11(9)14/h2-7,18H,14H2,1H3. The molecule has 2 aromatic rings. The molecule has 0 atom stereocenters. The van der Waals surface area contributed by atoms with E-state index >= 15 is 0 Å². The number of aromatic nitrogens is 1. The summed E-state index contributed by atoms with van der Waals surface area (Å²) in [5, 5.41) is 9.53. The fraction of sp³-hybridized carbons (Fsp3) is 0.0769. The Balaban J connectivity index is 2.67. The van der Waals surface area contributed by atoms with Crippen LogP contribution in [0.15, 0.2) is 41.3 Å². The number of hydrogen-bond acceptors (Lipinski definition) is 5. The van der Waals surface area contributed by atoms with Crippen molar-refractivity contribution < 1.29 is 14.7 Å². The fourth-order valence-electron chi connectivity index (χ4n) is 1.73. The number of anilines is 1. The van der Waals surface area contributed by atoms with Crippen molar-refractivity contribution in [1.82, 2.24) is 4.73 Å². The average molecular weight is 260 g/mol. The quantitative estimate of drug-likeness (QED) is 0.479. The molecule has 0 fully saturated rings. The number of para-hydroxylation sites is 1. The number of esters is 1. The van der Waals surface area contributed by atoms with Crippen molar-refractivity contribution in [3.05, 3.63) is 52.4 Å². The van der Waals surface area contributed by atoms with Crippen LogP contribution in [0.25, 0.3) is 11.1 Å². The molecule has 1 aromatic heterocycles. The Kier molecular flexibility index (Phi) is 3.24. The second-order valence-electron chi connectivity index (χ2n) is 3.87. The molecule has 0 saturated heterocycles. The lowest BCUT2D eigenvalue weighted by Crippen LogP contribution is -2.25. The summed E-state index contributed by atoms with van der Waals surface area (Å²) in [7, 11) is 1.16. The number of nitrogen functional groups attached to an aromatic ring is 1. The van der Waals surface area contributed by atoms with Crippen molar-refractivity contribution >= 4 is 11.7 Å². The second kappa shape index (κ2) is 4.85. The van der Waals surface area contributed by atoms with E-state index in [4.69, 9.17) is 5.73 Å². The third-order valence-electron chi connectivity index (χ3n) is 2.68. The first-order valence-electron chi connectivity index (χ1n) is 5.43. The summed E-state index contributed by atoms with van der Waals surface area (Å²) in [5.41, 5.74) is 6.23. The number of carbonyl (C=O) groups excluding carboxylic acids is 1. The van der Waals surface area contributed by atoms with E-state index in [0.29, 0.717) is 21.5 Å². The van der Waals surface area contributed by atoms with Gasteiger partial charge in [-0.25, -0.2) is 4.79 Å². The Bertz CT molecular complexity index is 691. The number of nitrogens with two attached hydrogens (primary N) is 1. The van der Waals surface area contributed by atoms with Crippen LogP contribution in [0.4, 0.5) is 5.69 Å². The minimum Gasteiger partial charge on any atom is -0.465 e. The molecule has 0 aliphatic heterocycles. The van der Waals surface area contributed by atoms with Crippen molar-refractivity contribution in [3.8, 4) is 11.1 Å². The molecule has 0 aliphatic rings. The van der Waals surface area contributed by atoms with Gasteiger partial charge in [0.1, 0.15) is 5.56 Å². The Morgan fingerprint density at radius 1 is 1.37 bits per heavy atom. The molecule has 0 amide bonds. The van der Waals surface area contributed by atoms with Crippen LogP contribution < -0.4 is 11.3 Å². The first-order chi connectivity index (χ1) is 9.04. The van der Waals surface area contributed by atoms with E-state index in [0.717, 1.165) is 7.11 Å². The zero-order valence-corrected chi connectivity index (χ0v) is 10.2. The van der Waals surface area contributed by atoms with Crippen molar-refractivity contribution in [2.24, 2.45) is 0 Å². The lowest BCUT2D eigenvalue weighted by Gasteiger charge is -2.08. The highest BCUT2D eigenvalue weighted by atomic mass is 16.5. The maximum absolute atomic E-state index is 11.6. The molecule has 98 valence electrons. The molecule has 1 heterocycles. The smallest absolute Gasteiger partial charge is 0.343 e. The van der Waals surface area contributed by atoms with E-state index in [2.05, 4.69) is 4.74 Å². The summed E-state index contributed by atoms with van der Waals surface area (Å²) in [5.74, 6) is -0.816. The van der Waals surface area contributed by atoms with Gasteiger partial charge in [-0.2, -0.15) is 4.73 Å². The molecule has 0 saturated carbocycles. The van der Waals surface area contributed by atoms with Crippen molar-refractivity contribution in [2.75, 3.05) is 12.8 Å². The van der Waals surface area contributed by atoms with Crippen LogP contribution in [0.5, 0.6) is 0 Å². The SMILES string of the molecule is COC(=O)c1cc(-c2ccccc2N)cn(O)c1=O. The van der Waals surface area contributed by atoms with E-state index in [1.54, 1.807) is 24.3 Å². The summed E-state index contributed by atoms with van der Waals surface area (Å²) in [6.07, 6.45) is 1.19. The zero-order chi connectivity index (χ0) is 14.0. The molecule has 6 nitrogen and oxygen atoms in total. The molecule has 3 N–H and O–H groups in total. The Morgan fingerprint density at radius 2 is 2.05 bits per heavy atom. The Morgan fingerprint density at radius 3 is 2.68 bits per heavy atom. The van der Waals surface area contributed by atoms with Crippen LogP contribution in [0.2, 0.25) is 0 Å². The molecule has 0 aliphatic carbocycles. The molecule has 6 heteroatoms. The zero-order valence-electron chi connectivity index (χ0n) is 10.2. The van der Waals surface area contributed by atoms with E-state index in [1.807, 2.05) is 0 Å². The summed E-state index contributed by atoms with van der Waals surface area (Å²) >= 11 is 0. The minimum atomic E-state index is -0.842. The monoisotopic (exact) mass is 260 g/mol. The van der Waals surface area contributed by atoms with Gasteiger partial charge in [-0.05, 0) is 12.1 Å². The largest absolute Gasteiger partial charge is 0.465 e. The van der Waals surface area contributed by atoms with Gasteiger partial charge in [-0.1, -0.05) is 18.2 Å². The molecule has 1 aromatic carbocycles. The van der Waals surface area contributed by atoms with Gasteiger partial charge in [0.25, 0.3) is 5.56 Å². The predicted molar refractivity (Wildman–Crippen MR) is 69.1 cm³/mol. The molecule has 0 unspecified atom stereocenters. The number of benzene rings is 1. The van der Waals surface area contributed by atoms with Crippen LogP contribution in [-0.4, -0.2) is 23.0 Å². The van der Waals surface area contributed by atoms with Crippen LogP contribution in [0.3, 0.4) is 0 Å². The number of nitrogens with zero attached hydrogens (tertiary/aromatic N) is 1. The summed E-state index contributed by atoms with van der Waals surface area (Å²) in [6, 6.07) is 8.26. The highest BCUT2D eigenvalue weighted by molar-refractivity contribution is 5.91. The number of methoxy groups -OCH3 is 1. The average Bonchev–Trinajstić information content (AvgIpc) is 2.41. The number of carbonyl (C=O) groups is 1. The highest BCUT2D eigenvalue weighted by Gasteiger charge is 2.16. The molecule has 0 bridgehead atoms. The second-order valence-corrected chi connectivity index (χ2v) is 3.87. The van der Waals surface area contributed by atoms with E-state index in [-0.39, 0.29) is 5.56 Å². The molecule has 0 spiro atoms. The third-order valence-corrected chi connectivity index (χ3v) is 2.68. The van der Waals surface area contributed by atoms with Gasteiger partial charge >= 0.3 is 5.97 Å². The molecule has 19 heavy (non-hydrogen) atoms. The van der Waals surface area contributed by atoms with Crippen LogP contribution in [-0.2, 0) is 4.74 Å². The molecular weight excluding hydrogens is 248 g/mol. The maximum atomic E-state index is 11.6. The van der Waals surface area contributed by atoms with Crippen LogP contribution >= 0.6 is 0 Å². The number of rotatable bonds is 2. The van der Waals surface area contributed by atoms with Gasteiger partial charge in [0.15, 0.2) is 0 Å². The van der Waals surface area contributed by atoms with Crippen LogP contribution in [0.1, 0.15) is 10.4 Å². The molecule has 2 rings (SSSR count). The Hall–Kier alpha value is -2.76. The van der Waals surface area contributed by atoms with Gasteiger partial charge in [0, 0.05) is 16.8 Å². The topological polar surface area (TPSA) is 94.6 Å². The van der Waals surface area contributed by atoms with E-state index in [9.17, 15) is 14.8 Å². The van der Waals surface area contributed by atoms with Gasteiger partial charge in [0.05, 0.1) is 13.3 Å². The number of hydrogen-bond donors (Lipinski definition) is 2. The first-order valence-corrected chi connectivity index (χ1v) is 5.43. The number of ether oxygens (including phenoxy) is 1. The lowest BCUT2D eigenvalue weighted by atomic mass is 10.0. The molecular formula is C13H12N2O4. The fourth-order valence-corrected chi connectivity index (χ4v) is 1.73. The van der Waals surface area contributed by atoms with Crippen molar-refractivity contribution in [1.29, 1.82) is 0 Å². The van der Waals surface area contributed by atoms with Gasteiger partial charge in [-0.3, -0.25) is 4.79 Å².